The first kappa shape index (κ1) is 24.7. The van der Waals surface area contributed by atoms with Crippen LogP contribution >= 0.6 is 25.3 Å². The molecule has 0 N–H and O–H groups in total. The van der Waals surface area contributed by atoms with E-state index in [0.717, 1.165) is 51.2 Å². The minimum Gasteiger partial charge on any atom is -0.497 e. The van der Waals surface area contributed by atoms with Crippen molar-refractivity contribution in [3.8, 4) is 11.5 Å². The number of ether oxygens (including phenoxy) is 2. The lowest BCUT2D eigenvalue weighted by Gasteiger charge is -2.16. The first-order chi connectivity index (χ1) is 14.3. The molecule has 2 aromatic carbocycles. The summed E-state index contributed by atoms with van der Waals surface area (Å²) < 4.78 is 11.4. The maximum Gasteiger partial charge on any atom is 0.127 e. The fourth-order valence-electron chi connectivity index (χ4n) is 3.18. The first-order valence-electron chi connectivity index (χ1n) is 10.8. The highest BCUT2D eigenvalue weighted by atomic mass is 32.1. The number of aryl methyl sites for hydroxylation is 1. The van der Waals surface area contributed by atoms with Gasteiger partial charge in [0.05, 0.1) is 13.7 Å². The molecule has 2 nitrogen and oxygen atoms in total. The largest absolute Gasteiger partial charge is 0.497 e. The Kier molecular flexibility index (Phi) is 10.2. The summed E-state index contributed by atoms with van der Waals surface area (Å²) in [6.45, 7) is 9.66. The molecule has 0 aliphatic heterocycles. The molecule has 164 valence electrons. The minimum atomic E-state index is 0.606. The number of methoxy groups -OCH3 is 1. The fraction of sp³-hybridized carbons (Fsp3) is 0.462. The summed E-state index contributed by atoms with van der Waals surface area (Å²) in [4.78, 5) is 1.66. The van der Waals surface area contributed by atoms with Crippen molar-refractivity contribution < 1.29 is 9.47 Å². The summed E-state index contributed by atoms with van der Waals surface area (Å²) in [6, 6.07) is 14.4. The van der Waals surface area contributed by atoms with Crippen molar-refractivity contribution in [3.05, 3.63) is 59.2 Å². The summed E-state index contributed by atoms with van der Waals surface area (Å²) in [5.41, 5.74) is 3.32. The van der Waals surface area contributed by atoms with Gasteiger partial charge in [-0.15, -0.1) is 25.3 Å². The molecule has 0 spiro atoms. The van der Waals surface area contributed by atoms with Crippen LogP contribution in [0.1, 0.15) is 63.6 Å². The molecule has 0 heterocycles. The molecule has 0 bridgehead atoms. The Hall–Kier alpha value is -1.52. The molecule has 4 heteroatoms. The molecule has 0 radical (unpaired) electrons. The molecule has 0 saturated heterocycles. The standard InChI is InChI=1S/C26H36O2S2/c1-18(2)7-6-8-20-9-14-24(28-16-15-19(3)4)23(17-20)26(30)25(29)21-10-12-22(27-5)13-11-21/h9-14,17-19,29-30H,6-8,15-16H2,1-5H3. The van der Waals surface area contributed by atoms with Crippen LogP contribution in [-0.2, 0) is 6.42 Å². The van der Waals surface area contributed by atoms with E-state index in [2.05, 4.69) is 45.9 Å². The summed E-state index contributed by atoms with van der Waals surface area (Å²) >= 11 is 9.67. The van der Waals surface area contributed by atoms with Gasteiger partial charge in [0.2, 0.25) is 0 Å². The Morgan fingerprint density at radius 2 is 1.53 bits per heavy atom. The number of hydrogen-bond acceptors (Lipinski definition) is 4. The summed E-state index contributed by atoms with van der Waals surface area (Å²) in [6.07, 6.45) is 4.49. The van der Waals surface area contributed by atoms with Gasteiger partial charge in [0.1, 0.15) is 11.5 Å². The predicted octanol–water partition coefficient (Wildman–Crippen LogP) is 7.78. The number of rotatable bonds is 11. The molecule has 0 aliphatic carbocycles. The highest BCUT2D eigenvalue weighted by Gasteiger charge is 2.13. The third-order valence-electron chi connectivity index (χ3n) is 5.09. The van der Waals surface area contributed by atoms with Crippen LogP contribution in [0.15, 0.2) is 42.5 Å². The monoisotopic (exact) mass is 444 g/mol. The van der Waals surface area contributed by atoms with E-state index in [1.54, 1.807) is 7.11 Å². The SMILES string of the molecule is COc1ccc(C(S)=C(S)c2cc(CCCC(C)C)ccc2OCCC(C)C)cc1. The van der Waals surface area contributed by atoms with Crippen molar-refractivity contribution in [2.75, 3.05) is 13.7 Å². The minimum absolute atomic E-state index is 0.606. The van der Waals surface area contributed by atoms with Crippen molar-refractivity contribution in [2.45, 2.75) is 53.4 Å². The van der Waals surface area contributed by atoms with E-state index >= 15 is 0 Å². The van der Waals surface area contributed by atoms with E-state index in [9.17, 15) is 0 Å². The van der Waals surface area contributed by atoms with Crippen LogP contribution in [0, 0.1) is 11.8 Å². The van der Waals surface area contributed by atoms with Crippen molar-refractivity contribution >= 4 is 35.1 Å². The van der Waals surface area contributed by atoms with E-state index in [0.29, 0.717) is 12.5 Å². The third kappa shape index (κ3) is 7.63. The zero-order valence-electron chi connectivity index (χ0n) is 18.9. The highest BCUT2D eigenvalue weighted by molar-refractivity contribution is 7.96. The van der Waals surface area contributed by atoms with E-state index in [4.69, 9.17) is 34.7 Å². The van der Waals surface area contributed by atoms with E-state index in [1.165, 1.54) is 18.4 Å². The van der Waals surface area contributed by atoms with Gasteiger partial charge in [-0.25, -0.2) is 0 Å². The Labute approximate surface area is 193 Å². The van der Waals surface area contributed by atoms with Gasteiger partial charge in [0.25, 0.3) is 0 Å². The van der Waals surface area contributed by atoms with Gasteiger partial charge in [-0.2, -0.15) is 0 Å². The summed E-state index contributed by atoms with van der Waals surface area (Å²) in [5.74, 6) is 3.02. The average molecular weight is 445 g/mol. The second-order valence-electron chi connectivity index (χ2n) is 8.57. The van der Waals surface area contributed by atoms with Crippen LogP contribution < -0.4 is 9.47 Å². The second-order valence-corrected chi connectivity index (χ2v) is 9.47. The normalized spacial score (nSPS) is 12.3. The molecule has 0 aliphatic rings. The van der Waals surface area contributed by atoms with Crippen LogP contribution in [0.3, 0.4) is 0 Å². The molecule has 0 amide bonds. The predicted molar refractivity (Wildman–Crippen MR) is 137 cm³/mol. The van der Waals surface area contributed by atoms with Crippen molar-refractivity contribution in [2.24, 2.45) is 11.8 Å². The second kappa shape index (κ2) is 12.4. The molecule has 0 unspecified atom stereocenters. The van der Waals surface area contributed by atoms with E-state index < -0.39 is 0 Å². The Morgan fingerprint density at radius 3 is 2.13 bits per heavy atom. The Morgan fingerprint density at radius 1 is 0.867 bits per heavy atom. The van der Waals surface area contributed by atoms with Crippen molar-refractivity contribution in [1.29, 1.82) is 0 Å². The molecular formula is C26H36O2S2. The number of benzene rings is 2. The van der Waals surface area contributed by atoms with Crippen LogP contribution in [0.5, 0.6) is 11.5 Å². The van der Waals surface area contributed by atoms with E-state index in [1.807, 2.05) is 24.3 Å². The van der Waals surface area contributed by atoms with Gasteiger partial charge in [-0.1, -0.05) is 52.3 Å². The quantitative estimate of drug-likeness (QED) is 0.272. The lowest BCUT2D eigenvalue weighted by Crippen LogP contribution is -2.03. The zero-order chi connectivity index (χ0) is 22.1. The molecule has 2 aromatic rings. The average Bonchev–Trinajstić information content (AvgIpc) is 2.73. The van der Waals surface area contributed by atoms with Gasteiger partial charge in [-0.3, -0.25) is 0 Å². The van der Waals surface area contributed by atoms with Crippen LogP contribution in [-0.4, -0.2) is 13.7 Å². The Balaban J connectivity index is 2.34. The molecule has 0 saturated carbocycles. The molecular weight excluding hydrogens is 408 g/mol. The lowest BCUT2D eigenvalue weighted by atomic mass is 10.00. The van der Waals surface area contributed by atoms with Gasteiger partial charge in [-0.05, 0) is 66.5 Å². The van der Waals surface area contributed by atoms with Gasteiger partial charge < -0.3 is 9.47 Å². The van der Waals surface area contributed by atoms with Gasteiger partial charge in [0, 0.05) is 15.4 Å². The third-order valence-corrected chi connectivity index (χ3v) is 6.21. The maximum atomic E-state index is 6.15. The van der Waals surface area contributed by atoms with Gasteiger partial charge in [0.15, 0.2) is 0 Å². The number of hydrogen-bond donors (Lipinski definition) is 2. The molecule has 2 rings (SSSR count). The smallest absolute Gasteiger partial charge is 0.127 e. The zero-order valence-corrected chi connectivity index (χ0v) is 20.7. The Bertz CT molecular complexity index is 823. The molecule has 0 atom stereocenters. The topological polar surface area (TPSA) is 18.5 Å². The highest BCUT2D eigenvalue weighted by Crippen LogP contribution is 2.38. The van der Waals surface area contributed by atoms with Gasteiger partial charge >= 0.3 is 0 Å². The van der Waals surface area contributed by atoms with Crippen molar-refractivity contribution in [1.82, 2.24) is 0 Å². The molecule has 0 aromatic heterocycles. The van der Waals surface area contributed by atoms with Crippen LogP contribution in [0.4, 0.5) is 0 Å². The summed E-state index contributed by atoms with van der Waals surface area (Å²) in [7, 11) is 1.67. The first-order valence-corrected chi connectivity index (χ1v) is 11.7. The fourth-order valence-corrected chi connectivity index (χ4v) is 3.75. The maximum absolute atomic E-state index is 6.15. The summed E-state index contributed by atoms with van der Waals surface area (Å²) in [5, 5.41) is 0. The van der Waals surface area contributed by atoms with Crippen LogP contribution in [0.25, 0.3) is 9.81 Å². The lowest BCUT2D eigenvalue weighted by molar-refractivity contribution is 0.289. The van der Waals surface area contributed by atoms with E-state index in [-0.39, 0.29) is 0 Å². The molecule has 30 heavy (non-hydrogen) atoms. The molecule has 0 fully saturated rings. The van der Waals surface area contributed by atoms with Crippen molar-refractivity contribution in [3.63, 3.8) is 0 Å². The number of thiol groups is 2. The van der Waals surface area contributed by atoms with Crippen LogP contribution in [0.2, 0.25) is 0 Å².